The van der Waals surface area contributed by atoms with Crippen LogP contribution < -0.4 is 10.8 Å². The molecule has 1 N–H and O–H groups in total. The van der Waals surface area contributed by atoms with E-state index in [1.807, 2.05) is 73.6 Å². The van der Waals surface area contributed by atoms with Crippen molar-refractivity contribution in [2.45, 2.75) is 78.7 Å². The van der Waals surface area contributed by atoms with E-state index in [0.29, 0.717) is 0 Å². The van der Waals surface area contributed by atoms with Gasteiger partial charge in [-0.1, -0.05) is 18.2 Å². The Morgan fingerprint density at radius 2 is 1.72 bits per heavy atom. The third-order valence-electron chi connectivity index (χ3n) is 4.73. The zero-order chi connectivity index (χ0) is 19.0. The van der Waals surface area contributed by atoms with Crippen molar-refractivity contribution in [1.29, 1.82) is 0 Å². The lowest BCUT2D eigenvalue weighted by Gasteiger charge is -2.32. The third kappa shape index (κ3) is 4.76. The van der Waals surface area contributed by atoms with Crippen LogP contribution in [0.3, 0.4) is 0 Å². The molecule has 0 spiro atoms. The maximum Gasteiger partial charge on any atom is 0.494 e. The van der Waals surface area contributed by atoms with Crippen LogP contribution in [0.4, 0.5) is 4.79 Å². The minimum atomic E-state index is -0.415. The molecular weight excluding hydrogens is 317 g/mol. The van der Waals surface area contributed by atoms with E-state index >= 15 is 0 Å². The summed E-state index contributed by atoms with van der Waals surface area (Å²) >= 11 is 0. The molecule has 2 rings (SSSR count). The summed E-state index contributed by atoms with van der Waals surface area (Å²) < 4.78 is 17.5. The van der Waals surface area contributed by atoms with Gasteiger partial charge in [0.25, 0.3) is 0 Å². The topological polar surface area (TPSA) is 56.8 Å². The van der Waals surface area contributed by atoms with Crippen LogP contribution in [0.25, 0.3) is 0 Å². The molecule has 5 nitrogen and oxygen atoms in total. The highest BCUT2D eigenvalue weighted by Crippen LogP contribution is 2.36. The molecule has 1 aliphatic rings. The Morgan fingerprint density at radius 1 is 1.16 bits per heavy atom. The number of nitrogens with one attached hydrogen (secondary N) is 1. The van der Waals surface area contributed by atoms with Gasteiger partial charge in [-0.3, -0.25) is 0 Å². The van der Waals surface area contributed by atoms with Crippen molar-refractivity contribution < 1.29 is 18.8 Å². The molecule has 1 fully saturated rings. The summed E-state index contributed by atoms with van der Waals surface area (Å²) in [4.78, 5) is 11.8. The third-order valence-corrected chi connectivity index (χ3v) is 4.73. The fraction of sp³-hybridized carbons (Fsp3) is 0.632. The standard InChI is InChI=1S/C19H30BNO4/c1-13-11-15(20-24-18(5,6)19(7,8)25-20)10-9-14(13)12-23-16(22)21-17(2,3)4/h9-11H,12H2,1-8H3,(H,21,22). The van der Waals surface area contributed by atoms with Crippen LogP contribution in [0.1, 0.15) is 59.6 Å². The number of hydrogen-bond acceptors (Lipinski definition) is 4. The van der Waals surface area contributed by atoms with Gasteiger partial charge in [0.15, 0.2) is 0 Å². The first-order valence-corrected chi connectivity index (χ1v) is 8.71. The highest BCUT2D eigenvalue weighted by Gasteiger charge is 2.51. The lowest BCUT2D eigenvalue weighted by atomic mass is 9.78. The SMILES string of the molecule is Cc1cc(B2OC(C)(C)C(C)(C)O2)ccc1COC(=O)NC(C)(C)C. The van der Waals surface area contributed by atoms with Crippen LogP contribution >= 0.6 is 0 Å². The maximum atomic E-state index is 11.8. The quantitative estimate of drug-likeness (QED) is 0.853. The number of aryl methyl sites for hydroxylation is 1. The molecule has 25 heavy (non-hydrogen) atoms. The number of carbonyl (C=O) groups is 1. The van der Waals surface area contributed by atoms with Crippen LogP contribution in [0.5, 0.6) is 0 Å². The van der Waals surface area contributed by atoms with Crippen molar-refractivity contribution in [3.63, 3.8) is 0 Å². The number of hydrogen-bond donors (Lipinski definition) is 1. The summed E-state index contributed by atoms with van der Waals surface area (Å²) in [5.41, 5.74) is 1.93. The normalized spacial score (nSPS) is 19.0. The van der Waals surface area contributed by atoms with Crippen LogP contribution in [0.2, 0.25) is 0 Å². The molecule has 0 aliphatic carbocycles. The molecule has 0 aromatic heterocycles. The zero-order valence-corrected chi connectivity index (χ0v) is 16.6. The predicted molar refractivity (Wildman–Crippen MR) is 100.0 cm³/mol. The van der Waals surface area contributed by atoms with Gasteiger partial charge in [0.2, 0.25) is 0 Å². The molecule has 6 heteroatoms. The van der Waals surface area contributed by atoms with Crippen molar-refractivity contribution >= 4 is 18.7 Å². The minimum Gasteiger partial charge on any atom is -0.445 e. The summed E-state index contributed by atoms with van der Waals surface area (Å²) in [5.74, 6) is 0. The second-order valence-electron chi connectivity index (χ2n) is 8.73. The number of benzene rings is 1. The van der Waals surface area contributed by atoms with E-state index in [2.05, 4.69) is 5.32 Å². The second-order valence-corrected chi connectivity index (χ2v) is 8.73. The summed E-state index contributed by atoms with van der Waals surface area (Å²) in [6.45, 7) is 16.1. The van der Waals surface area contributed by atoms with Gasteiger partial charge in [0, 0.05) is 5.54 Å². The van der Waals surface area contributed by atoms with Gasteiger partial charge in [-0.25, -0.2) is 4.79 Å². The molecule has 138 valence electrons. The first-order chi connectivity index (χ1) is 11.3. The van der Waals surface area contributed by atoms with Crippen LogP contribution in [-0.4, -0.2) is 30.0 Å². The Labute approximate surface area is 151 Å². The number of carbonyl (C=O) groups excluding carboxylic acids is 1. The fourth-order valence-electron chi connectivity index (χ4n) is 2.49. The first-order valence-electron chi connectivity index (χ1n) is 8.71. The number of amides is 1. The Bertz CT molecular complexity index is 633. The Hall–Kier alpha value is -1.53. The van der Waals surface area contributed by atoms with E-state index in [-0.39, 0.29) is 30.5 Å². The molecule has 0 bridgehead atoms. The molecule has 0 saturated carbocycles. The van der Waals surface area contributed by atoms with Gasteiger partial charge in [-0.05, 0) is 72.0 Å². The monoisotopic (exact) mass is 347 g/mol. The average molecular weight is 347 g/mol. The van der Waals surface area contributed by atoms with Gasteiger partial charge in [-0.2, -0.15) is 0 Å². The summed E-state index contributed by atoms with van der Waals surface area (Å²) in [6, 6.07) is 5.96. The largest absolute Gasteiger partial charge is 0.494 e. The van der Waals surface area contributed by atoms with Crippen molar-refractivity contribution in [1.82, 2.24) is 5.32 Å². The number of ether oxygens (including phenoxy) is 1. The highest BCUT2D eigenvalue weighted by atomic mass is 16.7. The van der Waals surface area contributed by atoms with Gasteiger partial charge in [-0.15, -0.1) is 0 Å². The van der Waals surface area contributed by atoms with Gasteiger partial charge >= 0.3 is 13.2 Å². The molecule has 0 atom stereocenters. The average Bonchev–Trinajstić information content (AvgIpc) is 2.64. The maximum absolute atomic E-state index is 11.8. The van der Waals surface area contributed by atoms with Gasteiger partial charge in [0.1, 0.15) is 6.61 Å². The van der Waals surface area contributed by atoms with Crippen LogP contribution in [0, 0.1) is 6.92 Å². The molecule has 0 radical (unpaired) electrons. The molecule has 1 aromatic carbocycles. The van der Waals surface area contributed by atoms with Crippen molar-refractivity contribution in [2.75, 3.05) is 0 Å². The zero-order valence-electron chi connectivity index (χ0n) is 16.6. The smallest absolute Gasteiger partial charge is 0.445 e. The first kappa shape index (κ1) is 19.8. The lowest BCUT2D eigenvalue weighted by Crippen LogP contribution is -2.41. The van der Waals surface area contributed by atoms with E-state index in [1.165, 1.54) is 0 Å². The van der Waals surface area contributed by atoms with Gasteiger partial charge in [0.05, 0.1) is 11.2 Å². The molecule has 1 saturated heterocycles. The number of alkyl carbamates (subject to hydrolysis) is 1. The highest BCUT2D eigenvalue weighted by molar-refractivity contribution is 6.62. The Morgan fingerprint density at radius 3 is 2.20 bits per heavy atom. The predicted octanol–water partition coefficient (Wildman–Crippen LogP) is 3.32. The summed E-state index contributed by atoms with van der Waals surface area (Å²) in [5, 5.41) is 2.78. The van der Waals surface area contributed by atoms with Crippen LogP contribution in [-0.2, 0) is 20.7 Å². The van der Waals surface area contributed by atoms with E-state index in [1.54, 1.807) is 0 Å². The molecule has 0 unspecified atom stereocenters. The lowest BCUT2D eigenvalue weighted by molar-refractivity contribution is 0.00578. The van der Waals surface area contributed by atoms with Crippen LogP contribution in [0.15, 0.2) is 18.2 Å². The number of rotatable bonds is 3. The minimum absolute atomic E-state index is 0.234. The van der Waals surface area contributed by atoms with E-state index in [4.69, 9.17) is 14.0 Å². The van der Waals surface area contributed by atoms with E-state index in [9.17, 15) is 4.79 Å². The molecule has 1 aliphatic heterocycles. The van der Waals surface area contributed by atoms with E-state index < -0.39 is 6.09 Å². The Balaban J connectivity index is 2.03. The Kier molecular flexibility index (Phi) is 5.27. The molecular formula is C19H30BNO4. The van der Waals surface area contributed by atoms with Crippen molar-refractivity contribution in [2.24, 2.45) is 0 Å². The van der Waals surface area contributed by atoms with E-state index in [0.717, 1.165) is 16.6 Å². The second kappa shape index (κ2) is 6.65. The molecule has 1 aromatic rings. The van der Waals surface area contributed by atoms with Crippen molar-refractivity contribution in [3.05, 3.63) is 29.3 Å². The fourth-order valence-corrected chi connectivity index (χ4v) is 2.49. The van der Waals surface area contributed by atoms with Gasteiger partial charge < -0.3 is 19.4 Å². The molecule has 1 amide bonds. The summed E-state index contributed by atoms with van der Waals surface area (Å²) in [6.07, 6.45) is -0.415. The summed E-state index contributed by atoms with van der Waals surface area (Å²) in [7, 11) is -0.386. The molecule has 1 heterocycles. The van der Waals surface area contributed by atoms with Crippen molar-refractivity contribution in [3.8, 4) is 0 Å².